The first kappa shape index (κ1) is 25.8. The van der Waals surface area contributed by atoms with Gasteiger partial charge in [-0.05, 0) is 55.6 Å². The summed E-state index contributed by atoms with van der Waals surface area (Å²) in [5.74, 6) is 0.0173. The van der Waals surface area contributed by atoms with Crippen LogP contribution in [0.2, 0.25) is 0 Å². The molecule has 0 fully saturated rings. The van der Waals surface area contributed by atoms with Crippen molar-refractivity contribution >= 4 is 44.4 Å². The van der Waals surface area contributed by atoms with E-state index >= 15 is 0 Å². The van der Waals surface area contributed by atoms with E-state index < -0.39 is 5.83 Å². The van der Waals surface area contributed by atoms with E-state index in [1.54, 1.807) is 4.90 Å². The van der Waals surface area contributed by atoms with E-state index in [4.69, 9.17) is 10.1 Å². The summed E-state index contributed by atoms with van der Waals surface area (Å²) < 4.78 is 32.3. The third kappa shape index (κ3) is 4.24. The first-order valence-electron chi connectivity index (χ1n) is 12.8. The lowest BCUT2D eigenvalue weighted by Gasteiger charge is -2.31. The highest BCUT2D eigenvalue weighted by atomic mass is 32.1. The van der Waals surface area contributed by atoms with Crippen molar-refractivity contribution in [3.63, 3.8) is 0 Å². The minimum absolute atomic E-state index is 0.0775. The van der Waals surface area contributed by atoms with Gasteiger partial charge in [-0.3, -0.25) is 9.48 Å². The fraction of sp³-hybridized carbons (Fsp3) is 0.200. The van der Waals surface area contributed by atoms with Gasteiger partial charge in [-0.25, -0.2) is 18.7 Å². The van der Waals surface area contributed by atoms with E-state index in [-0.39, 0.29) is 18.3 Å². The zero-order chi connectivity index (χ0) is 28.1. The lowest BCUT2D eigenvalue weighted by Crippen LogP contribution is -2.39. The van der Waals surface area contributed by atoms with Crippen LogP contribution >= 0.6 is 11.3 Å². The van der Waals surface area contributed by atoms with Crippen LogP contribution in [0.1, 0.15) is 30.0 Å². The topological polar surface area (TPSA) is 68.8 Å². The Morgan fingerprint density at radius 1 is 1.20 bits per heavy atom. The minimum Gasteiger partial charge on any atom is -0.331 e. The van der Waals surface area contributed by atoms with E-state index in [0.717, 1.165) is 50.0 Å². The van der Waals surface area contributed by atoms with Crippen LogP contribution in [0.4, 0.5) is 8.78 Å². The molecular weight excluding hydrogens is 530 g/mol. The van der Waals surface area contributed by atoms with Gasteiger partial charge in [-0.1, -0.05) is 12.6 Å². The van der Waals surface area contributed by atoms with Crippen LogP contribution in [0.25, 0.3) is 49.8 Å². The molecule has 0 saturated heterocycles. The summed E-state index contributed by atoms with van der Waals surface area (Å²) in [6, 6.07) is 9.80. The number of aromatic nitrogens is 5. The van der Waals surface area contributed by atoms with Crippen LogP contribution in [0.5, 0.6) is 0 Å². The average molecular weight is 557 g/mol. The van der Waals surface area contributed by atoms with Crippen LogP contribution in [0.3, 0.4) is 0 Å². The van der Waals surface area contributed by atoms with E-state index in [1.165, 1.54) is 23.5 Å². The van der Waals surface area contributed by atoms with Gasteiger partial charge in [0.2, 0.25) is 5.91 Å². The summed E-state index contributed by atoms with van der Waals surface area (Å²) >= 11 is 1.46. The number of thiophene rings is 1. The van der Waals surface area contributed by atoms with Gasteiger partial charge < -0.3 is 9.47 Å². The van der Waals surface area contributed by atoms with Crippen LogP contribution in [0.15, 0.2) is 66.6 Å². The molecule has 1 aliphatic heterocycles. The highest BCUT2D eigenvalue weighted by molar-refractivity contribution is 7.17. The van der Waals surface area contributed by atoms with Crippen molar-refractivity contribution in [2.45, 2.75) is 26.4 Å². The zero-order valence-electron chi connectivity index (χ0n) is 22.2. The zero-order valence-corrected chi connectivity index (χ0v) is 23.0. The van der Waals surface area contributed by atoms with E-state index in [2.05, 4.69) is 11.6 Å². The number of rotatable bonds is 5. The molecule has 1 amide bonds. The van der Waals surface area contributed by atoms with Gasteiger partial charge >= 0.3 is 0 Å². The molecule has 40 heavy (non-hydrogen) atoms. The Labute approximate surface area is 233 Å². The summed E-state index contributed by atoms with van der Waals surface area (Å²) in [7, 11) is 1.98. The van der Waals surface area contributed by atoms with Crippen molar-refractivity contribution in [2.24, 2.45) is 7.05 Å². The maximum Gasteiger partial charge on any atom is 0.246 e. The van der Waals surface area contributed by atoms with Crippen molar-refractivity contribution < 1.29 is 13.6 Å². The van der Waals surface area contributed by atoms with E-state index in [1.807, 2.05) is 65.9 Å². The van der Waals surface area contributed by atoms with Gasteiger partial charge in [0.25, 0.3) is 0 Å². The highest BCUT2D eigenvalue weighted by Crippen LogP contribution is 2.40. The fourth-order valence-corrected chi connectivity index (χ4v) is 6.22. The van der Waals surface area contributed by atoms with Gasteiger partial charge in [0.1, 0.15) is 23.0 Å². The molecule has 0 saturated carbocycles. The lowest BCUT2D eigenvalue weighted by molar-refractivity contribution is -0.127. The number of hydrogen-bond acceptors (Lipinski definition) is 5. The predicted octanol–water partition coefficient (Wildman–Crippen LogP) is 6.90. The molecule has 6 rings (SSSR count). The van der Waals surface area contributed by atoms with Crippen LogP contribution in [-0.4, -0.2) is 41.7 Å². The molecule has 5 heterocycles. The second kappa shape index (κ2) is 9.95. The molecule has 1 atom stereocenters. The number of carbonyl (C=O) groups is 1. The van der Waals surface area contributed by atoms with Gasteiger partial charge in [-0.15, -0.1) is 11.3 Å². The van der Waals surface area contributed by atoms with Crippen LogP contribution < -0.4 is 0 Å². The van der Waals surface area contributed by atoms with Crippen molar-refractivity contribution in [1.29, 1.82) is 0 Å². The number of allylic oxidation sites excluding steroid dienone is 2. The molecule has 0 N–H and O–H groups in total. The molecule has 0 aliphatic carbocycles. The van der Waals surface area contributed by atoms with Gasteiger partial charge in [-0.2, -0.15) is 5.10 Å². The summed E-state index contributed by atoms with van der Waals surface area (Å²) in [6.07, 6.45) is 3.54. The normalized spacial score (nSPS) is 15.9. The molecule has 10 heteroatoms. The standard InChI is InChI=1S/C30H26F2N6OS/c1-5-27(39)37-15-17(2)38-21(16-37)14-25(35-38)29-23(13-20(32)8-10-31)30-22(9-11-40-30)28(34-29)19-6-7-26-24(12-19)33-18(3)36(26)4/h5-14,17H,1,15-16H2,2-4H3/b10-8+,20-13?. The molecule has 0 bridgehead atoms. The van der Waals surface area contributed by atoms with Crippen molar-refractivity contribution in [3.05, 3.63) is 83.7 Å². The minimum atomic E-state index is -0.738. The Kier molecular flexibility index (Phi) is 6.42. The second-order valence-electron chi connectivity index (χ2n) is 9.87. The molecule has 5 aromatic rings. The number of carbonyl (C=O) groups excluding carboxylic acids is 1. The molecular formula is C30H26F2N6OS. The van der Waals surface area contributed by atoms with Crippen LogP contribution in [0, 0.1) is 6.92 Å². The van der Waals surface area contributed by atoms with Crippen LogP contribution in [-0.2, 0) is 18.4 Å². The number of imidazole rings is 1. The molecule has 0 radical (unpaired) electrons. The number of fused-ring (bicyclic) bond motifs is 3. The number of aryl methyl sites for hydroxylation is 2. The Morgan fingerprint density at radius 2 is 2.02 bits per heavy atom. The molecule has 7 nitrogen and oxygen atoms in total. The van der Waals surface area contributed by atoms with Gasteiger partial charge in [0.15, 0.2) is 0 Å². The quantitative estimate of drug-likeness (QED) is 0.174. The molecule has 0 spiro atoms. The summed E-state index contributed by atoms with van der Waals surface area (Å²) in [6.45, 7) is 8.42. The first-order chi connectivity index (χ1) is 19.3. The third-order valence-corrected chi connectivity index (χ3v) is 8.27. The van der Waals surface area contributed by atoms with E-state index in [9.17, 15) is 13.6 Å². The summed E-state index contributed by atoms with van der Waals surface area (Å²) in [5.41, 5.74) is 5.82. The Hall–Kier alpha value is -4.44. The maximum absolute atomic E-state index is 14.7. The number of amides is 1. The Bertz CT molecular complexity index is 1880. The smallest absolute Gasteiger partial charge is 0.246 e. The van der Waals surface area contributed by atoms with Crippen molar-refractivity contribution in [2.75, 3.05) is 6.54 Å². The predicted molar refractivity (Wildman–Crippen MR) is 155 cm³/mol. The SMILES string of the molecule is C=CC(=O)N1Cc2cc(-c3nc(-c4ccc5c(c4)nc(C)n5C)c4ccsc4c3C=C(F)/C=C/F)nn2C(C)C1. The molecule has 4 aromatic heterocycles. The number of pyridine rings is 1. The average Bonchev–Trinajstić information content (AvgIpc) is 3.66. The second-order valence-corrected chi connectivity index (χ2v) is 10.8. The maximum atomic E-state index is 14.7. The largest absolute Gasteiger partial charge is 0.331 e. The summed E-state index contributed by atoms with van der Waals surface area (Å²) in [4.78, 5) is 23.8. The highest BCUT2D eigenvalue weighted by Gasteiger charge is 2.28. The number of nitrogens with zero attached hydrogens (tertiary/aromatic N) is 6. The molecule has 1 unspecified atom stereocenters. The molecule has 1 aromatic carbocycles. The van der Waals surface area contributed by atoms with Crippen molar-refractivity contribution in [1.82, 2.24) is 29.2 Å². The summed E-state index contributed by atoms with van der Waals surface area (Å²) in [5, 5.41) is 7.65. The third-order valence-electron chi connectivity index (χ3n) is 7.32. The fourth-order valence-electron chi connectivity index (χ4n) is 5.31. The Morgan fingerprint density at radius 3 is 2.80 bits per heavy atom. The monoisotopic (exact) mass is 556 g/mol. The Balaban J connectivity index is 1.58. The number of benzene rings is 1. The van der Waals surface area contributed by atoms with Crippen molar-refractivity contribution in [3.8, 4) is 22.6 Å². The van der Waals surface area contributed by atoms with Gasteiger partial charge in [0, 0.05) is 40.9 Å². The first-order valence-corrected chi connectivity index (χ1v) is 13.7. The number of hydrogen-bond donors (Lipinski definition) is 0. The molecule has 202 valence electrons. The number of halogens is 2. The van der Waals surface area contributed by atoms with E-state index in [0.29, 0.717) is 30.0 Å². The lowest BCUT2D eigenvalue weighted by atomic mass is 10.0. The van der Waals surface area contributed by atoms with Gasteiger partial charge in [0.05, 0.1) is 41.3 Å². The molecule has 1 aliphatic rings.